The number of nitrogens with zero attached hydrogens (tertiary/aromatic N) is 2. The molecule has 0 heterocycles. The topological polar surface area (TPSA) is 86.8 Å². The standard InChI is InChI=1S/C31H38ClN3O4S/c1-5-24(4)33-31(37)28(6-2)34(21-20-25-13-8-7-9-14-25)30(36)22-35(29-15-11-10-12-23(29)3)40(38,39)27-18-16-26(32)17-19-27/h7-19,24,28H,5-6,20-22H2,1-4H3,(H,33,37). The van der Waals surface area contributed by atoms with Gasteiger partial charge in [0.1, 0.15) is 12.6 Å². The lowest BCUT2D eigenvalue weighted by Gasteiger charge is -2.34. The highest BCUT2D eigenvalue weighted by Crippen LogP contribution is 2.28. The first kappa shape index (κ1) is 31.2. The number of carbonyl (C=O) groups is 2. The molecule has 7 nitrogen and oxygen atoms in total. The summed E-state index contributed by atoms with van der Waals surface area (Å²) in [6.45, 7) is 7.35. The van der Waals surface area contributed by atoms with Crippen LogP contribution in [0.2, 0.25) is 5.02 Å². The van der Waals surface area contributed by atoms with Crippen molar-refractivity contribution in [1.29, 1.82) is 0 Å². The van der Waals surface area contributed by atoms with Gasteiger partial charge in [-0.25, -0.2) is 8.42 Å². The maximum Gasteiger partial charge on any atom is 0.264 e. The summed E-state index contributed by atoms with van der Waals surface area (Å²) in [5.41, 5.74) is 2.11. The number of hydrogen-bond acceptors (Lipinski definition) is 4. The van der Waals surface area contributed by atoms with E-state index in [1.54, 1.807) is 25.1 Å². The molecule has 2 unspecified atom stereocenters. The van der Waals surface area contributed by atoms with Gasteiger partial charge in [0.2, 0.25) is 11.8 Å². The summed E-state index contributed by atoms with van der Waals surface area (Å²) >= 11 is 6.01. The first-order valence-corrected chi connectivity index (χ1v) is 15.4. The fourth-order valence-corrected chi connectivity index (χ4v) is 6.03. The Morgan fingerprint density at radius 2 is 1.52 bits per heavy atom. The van der Waals surface area contributed by atoms with Crippen LogP contribution in [0.1, 0.15) is 44.7 Å². The lowest BCUT2D eigenvalue weighted by molar-refractivity contribution is -0.139. The van der Waals surface area contributed by atoms with Crippen LogP contribution in [0.25, 0.3) is 0 Å². The van der Waals surface area contributed by atoms with Crippen LogP contribution in [0.3, 0.4) is 0 Å². The van der Waals surface area contributed by atoms with Gasteiger partial charge in [0.15, 0.2) is 0 Å². The Balaban J connectivity index is 2.02. The van der Waals surface area contributed by atoms with Crippen molar-refractivity contribution >= 4 is 39.1 Å². The summed E-state index contributed by atoms with van der Waals surface area (Å²) in [6, 6.07) is 21.8. The molecule has 0 aliphatic rings. The molecule has 0 spiro atoms. The average Bonchev–Trinajstić information content (AvgIpc) is 2.94. The third-order valence-electron chi connectivity index (χ3n) is 6.94. The van der Waals surface area contributed by atoms with Crippen molar-refractivity contribution in [3.8, 4) is 0 Å². The van der Waals surface area contributed by atoms with Gasteiger partial charge in [-0.1, -0.05) is 74.0 Å². The van der Waals surface area contributed by atoms with E-state index >= 15 is 0 Å². The molecule has 0 saturated heterocycles. The number of para-hydroxylation sites is 1. The molecule has 3 aromatic rings. The summed E-state index contributed by atoms with van der Waals surface area (Å²) in [7, 11) is -4.14. The van der Waals surface area contributed by atoms with Gasteiger partial charge in [0, 0.05) is 17.6 Å². The number of nitrogens with one attached hydrogen (secondary N) is 1. The largest absolute Gasteiger partial charge is 0.352 e. The van der Waals surface area contributed by atoms with Crippen molar-refractivity contribution in [3.63, 3.8) is 0 Å². The molecule has 3 aromatic carbocycles. The molecule has 0 bridgehead atoms. The van der Waals surface area contributed by atoms with Gasteiger partial charge < -0.3 is 10.2 Å². The number of carbonyl (C=O) groups excluding carboxylic acids is 2. The number of sulfonamides is 1. The number of hydrogen-bond donors (Lipinski definition) is 1. The van der Waals surface area contributed by atoms with Crippen molar-refractivity contribution in [2.75, 3.05) is 17.4 Å². The summed E-state index contributed by atoms with van der Waals surface area (Å²) in [6.07, 6.45) is 1.66. The summed E-state index contributed by atoms with van der Waals surface area (Å²) in [5, 5.41) is 3.40. The van der Waals surface area contributed by atoms with E-state index in [1.807, 2.05) is 57.2 Å². The van der Waals surface area contributed by atoms with Gasteiger partial charge >= 0.3 is 0 Å². The van der Waals surface area contributed by atoms with Gasteiger partial charge in [-0.15, -0.1) is 0 Å². The third kappa shape index (κ3) is 7.86. The van der Waals surface area contributed by atoms with E-state index in [0.717, 1.165) is 16.3 Å². The van der Waals surface area contributed by atoms with Gasteiger partial charge in [0.25, 0.3) is 10.0 Å². The average molecular weight is 584 g/mol. The van der Waals surface area contributed by atoms with Crippen molar-refractivity contribution < 1.29 is 18.0 Å². The molecule has 40 heavy (non-hydrogen) atoms. The number of aryl methyl sites for hydroxylation is 1. The Bertz CT molecular complexity index is 1380. The lowest BCUT2D eigenvalue weighted by atomic mass is 10.1. The van der Waals surface area contributed by atoms with Crippen LogP contribution < -0.4 is 9.62 Å². The molecule has 0 aromatic heterocycles. The van der Waals surface area contributed by atoms with E-state index in [-0.39, 0.29) is 23.4 Å². The van der Waals surface area contributed by atoms with Gasteiger partial charge in [-0.05, 0) is 74.6 Å². The molecule has 0 fully saturated rings. The predicted octanol–water partition coefficient (Wildman–Crippen LogP) is 5.61. The van der Waals surface area contributed by atoms with Crippen molar-refractivity contribution in [1.82, 2.24) is 10.2 Å². The van der Waals surface area contributed by atoms with Gasteiger partial charge in [-0.2, -0.15) is 0 Å². The van der Waals surface area contributed by atoms with E-state index in [0.29, 0.717) is 29.1 Å². The van der Waals surface area contributed by atoms with Crippen LogP contribution >= 0.6 is 11.6 Å². The van der Waals surface area contributed by atoms with Crippen molar-refractivity contribution in [2.24, 2.45) is 0 Å². The normalized spacial score (nSPS) is 12.8. The molecule has 214 valence electrons. The quantitative estimate of drug-likeness (QED) is 0.283. The number of rotatable bonds is 13. The third-order valence-corrected chi connectivity index (χ3v) is 8.96. The second-order valence-corrected chi connectivity index (χ2v) is 12.1. The maximum absolute atomic E-state index is 14.1. The SMILES string of the molecule is CCC(C)NC(=O)C(CC)N(CCc1ccccc1)C(=O)CN(c1ccccc1C)S(=O)(=O)c1ccc(Cl)cc1. The predicted molar refractivity (Wildman–Crippen MR) is 161 cm³/mol. The molecule has 0 radical (unpaired) electrons. The van der Waals surface area contributed by atoms with Crippen LogP contribution in [0.4, 0.5) is 5.69 Å². The number of halogens is 1. The fraction of sp³-hybridized carbons (Fsp3) is 0.355. The molecular formula is C31H38ClN3O4S. The molecule has 2 amide bonds. The highest BCUT2D eigenvalue weighted by Gasteiger charge is 2.34. The smallest absolute Gasteiger partial charge is 0.264 e. The highest BCUT2D eigenvalue weighted by molar-refractivity contribution is 7.92. The van der Waals surface area contributed by atoms with Crippen LogP contribution in [0, 0.1) is 6.92 Å². The zero-order valence-electron chi connectivity index (χ0n) is 23.5. The minimum absolute atomic E-state index is 0.0188. The summed E-state index contributed by atoms with van der Waals surface area (Å²) in [4.78, 5) is 28.9. The Morgan fingerprint density at radius 1 is 0.900 bits per heavy atom. The minimum Gasteiger partial charge on any atom is -0.352 e. The van der Waals surface area contributed by atoms with Gasteiger partial charge in [0.05, 0.1) is 10.6 Å². The lowest BCUT2D eigenvalue weighted by Crippen LogP contribution is -2.54. The minimum atomic E-state index is -4.14. The Kier molecular flexibility index (Phi) is 11.2. The fourth-order valence-electron chi connectivity index (χ4n) is 4.43. The molecule has 0 aliphatic heterocycles. The first-order valence-electron chi connectivity index (χ1n) is 13.6. The van der Waals surface area contributed by atoms with Crippen molar-refractivity contribution in [2.45, 2.75) is 63.9 Å². The van der Waals surface area contributed by atoms with E-state index < -0.39 is 28.5 Å². The van der Waals surface area contributed by atoms with E-state index in [4.69, 9.17) is 11.6 Å². The number of benzene rings is 3. The molecule has 0 aliphatic carbocycles. The van der Waals surface area contributed by atoms with E-state index in [1.165, 1.54) is 29.2 Å². The molecule has 9 heteroatoms. The first-order chi connectivity index (χ1) is 19.1. The van der Waals surface area contributed by atoms with Crippen LogP contribution in [-0.2, 0) is 26.0 Å². The van der Waals surface area contributed by atoms with Crippen LogP contribution in [-0.4, -0.2) is 50.3 Å². The second kappa shape index (κ2) is 14.3. The Hall–Kier alpha value is -3.36. The van der Waals surface area contributed by atoms with Gasteiger partial charge in [-0.3, -0.25) is 13.9 Å². The monoisotopic (exact) mass is 583 g/mol. The summed E-state index contributed by atoms with van der Waals surface area (Å²) < 4.78 is 29.0. The molecule has 0 saturated carbocycles. The zero-order chi connectivity index (χ0) is 29.3. The molecule has 1 N–H and O–H groups in total. The zero-order valence-corrected chi connectivity index (χ0v) is 25.1. The van der Waals surface area contributed by atoms with Crippen molar-refractivity contribution in [3.05, 3.63) is 95.0 Å². The summed E-state index contributed by atoms with van der Waals surface area (Å²) in [5.74, 6) is -0.705. The molecule has 2 atom stereocenters. The van der Waals surface area contributed by atoms with Crippen LogP contribution in [0.15, 0.2) is 83.8 Å². The Morgan fingerprint density at radius 3 is 2.12 bits per heavy atom. The number of anilines is 1. The maximum atomic E-state index is 14.1. The second-order valence-electron chi connectivity index (χ2n) is 9.82. The Labute approximate surface area is 243 Å². The molecular weight excluding hydrogens is 546 g/mol. The van der Waals surface area contributed by atoms with E-state index in [2.05, 4.69) is 5.32 Å². The molecule has 3 rings (SSSR count). The highest BCUT2D eigenvalue weighted by atomic mass is 35.5. The van der Waals surface area contributed by atoms with Crippen LogP contribution in [0.5, 0.6) is 0 Å². The van der Waals surface area contributed by atoms with E-state index in [9.17, 15) is 18.0 Å². The number of amides is 2.